The van der Waals surface area contributed by atoms with Crippen molar-refractivity contribution in [2.24, 2.45) is 5.92 Å². The van der Waals surface area contributed by atoms with Crippen LogP contribution in [0.2, 0.25) is 0 Å². The first-order valence-corrected chi connectivity index (χ1v) is 9.55. The summed E-state index contributed by atoms with van der Waals surface area (Å²) in [7, 11) is -4.48. The molecule has 1 aromatic rings. The Morgan fingerprint density at radius 3 is 2.19 bits per heavy atom. The lowest BCUT2D eigenvalue weighted by Gasteiger charge is -2.19. The summed E-state index contributed by atoms with van der Waals surface area (Å²) in [6.45, 7) is 3.47. The van der Waals surface area contributed by atoms with Gasteiger partial charge in [-0.3, -0.25) is 14.7 Å². The summed E-state index contributed by atoms with van der Waals surface area (Å²) in [4.78, 5) is 41.5. The van der Waals surface area contributed by atoms with Crippen LogP contribution in [0.3, 0.4) is 0 Å². The van der Waals surface area contributed by atoms with E-state index in [1.54, 1.807) is 13.8 Å². The Balaban J connectivity index is 2.73. The molecule has 0 aromatic heterocycles. The summed E-state index contributed by atoms with van der Waals surface area (Å²) in [5.41, 5.74) is -0.872. The normalized spacial score (nSPS) is 13.2. The second kappa shape index (κ2) is 9.20. The molecule has 0 radical (unpaired) electrons. The molecule has 2 amide bonds. The smallest absolute Gasteiger partial charge is 0.416 e. The number of carbonyl (C=O) groups is 2. The van der Waals surface area contributed by atoms with Crippen molar-refractivity contribution in [3.05, 3.63) is 29.8 Å². The Morgan fingerprint density at radius 2 is 1.74 bits per heavy atom. The van der Waals surface area contributed by atoms with Crippen molar-refractivity contribution >= 4 is 25.3 Å². The van der Waals surface area contributed by atoms with E-state index in [-0.39, 0.29) is 18.0 Å². The van der Waals surface area contributed by atoms with Gasteiger partial charge < -0.3 is 19.8 Å². The van der Waals surface area contributed by atoms with Crippen LogP contribution in [0, 0.1) is 5.92 Å². The number of rotatable bonds is 7. The number of alkyl halides is 3. The van der Waals surface area contributed by atoms with Crippen LogP contribution in [-0.4, -0.2) is 34.2 Å². The van der Waals surface area contributed by atoms with Gasteiger partial charge in [0.15, 0.2) is 6.10 Å². The van der Waals surface area contributed by atoms with Crippen molar-refractivity contribution in [2.45, 2.75) is 32.5 Å². The summed E-state index contributed by atoms with van der Waals surface area (Å²) in [5, 5.41) is 4.18. The SMILES string of the molecule is CC(C)CC(OC(=O)Nc1ccc(C(F)(F)F)cc1)C(=O)NCP(=O)(O)O. The summed E-state index contributed by atoms with van der Waals surface area (Å²) in [6.07, 6.45) is -7.77. The highest BCUT2D eigenvalue weighted by Gasteiger charge is 2.30. The molecule has 0 fully saturated rings. The molecule has 0 saturated carbocycles. The predicted molar refractivity (Wildman–Crippen MR) is 89.8 cm³/mol. The number of ether oxygens (including phenoxy) is 1. The topological polar surface area (TPSA) is 125 Å². The van der Waals surface area contributed by atoms with Gasteiger partial charge in [0.1, 0.15) is 6.29 Å². The van der Waals surface area contributed by atoms with Crippen molar-refractivity contribution < 1.29 is 41.8 Å². The molecule has 1 aromatic carbocycles. The standard InChI is InChI=1S/C15H20F3N2O6P/c1-9(2)7-12(13(21)19-8-27(23,24)25)26-14(22)20-11-5-3-10(4-6-11)15(16,17)18/h3-6,9,12H,7-8H2,1-2H3,(H,19,21)(H,20,22)(H2,23,24,25). The zero-order valence-electron chi connectivity index (χ0n) is 14.5. The van der Waals surface area contributed by atoms with Crippen LogP contribution < -0.4 is 10.6 Å². The van der Waals surface area contributed by atoms with E-state index in [2.05, 4.69) is 5.32 Å². The number of carbonyl (C=O) groups excluding carboxylic acids is 2. The van der Waals surface area contributed by atoms with Gasteiger partial charge in [-0.05, 0) is 36.6 Å². The summed E-state index contributed by atoms with van der Waals surface area (Å²) in [6, 6.07) is 3.59. The fraction of sp³-hybridized carbons (Fsp3) is 0.467. The van der Waals surface area contributed by atoms with Crippen LogP contribution in [0.25, 0.3) is 0 Å². The van der Waals surface area contributed by atoms with E-state index in [0.29, 0.717) is 0 Å². The van der Waals surface area contributed by atoms with Gasteiger partial charge in [0.25, 0.3) is 5.91 Å². The highest BCUT2D eigenvalue weighted by Crippen LogP contribution is 2.32. The number of nitrogens with one attached hydrogen (secondary N) is 2. The average Bonchev–Trinajstić information content (AvgIpc) is 2.50. The molecule has 0 heterocycles. The molecule has 8 nitrogen and oxygen atoms in total. The maximum atomic E-state index is 12.5. The average molecular weight is 412 g/mol. The molecule has 0 saturated heterocycles. The number of hydrogen-bond donors (Lipinski definition) is 4. The number of amides is 2. The molecule has 0 bridgehead atoms. The molecule has 152 valence electrons. The van der Waals surface area contributed by atoms with E-state index < -0.39 is 43.7 Å². The Kier molecular flexibility index (Phi) is 7.82. The van der Waals surface area contributed by atoms with Gasteiger partial charge in [0.2, 0.25) is 0 Å². The largest absolute Gasteiger partial charge is 0.436 e. The fourth-order valence-electron chi connectivity index (χ4n) is 1.95. The second-order valence-electron chi connectivity index (χ2n) is 6.09. The third kappa shape index (κ3) is 8.89. The molecule has 1 rings (SSSR count). The van der Waals surface area contributed by atoms with E-state index in [1.165, 1.54) is 0 Å². The third-order valence-electron chi connectivity index (χ3n) is 3.15. The Labute approximate surface area is 153 Å². The van der Waals surface area contributed by atoms with Crippen molar-refractivity contribution in [2.75, 3.05) is 11.6 Å². The molecule has 4 N–H and O–H groups in total. The van der Waals surface area contributed by atoms with E-state index in [1.807, 2.05) is 5.32 Å². The molecule has 0 aliphatic heterocycles. The van der Waals surface area contributed by atoms with E-state index in [4.69, 9.17) is 14.5 Å². The van der Waals surface area contributed by atoms with Gasteiger partial charge in [-0.15, -0.1) is 0 Å². The van der Waals surface area contributed by atoms with Crippen LogP contribution in [0.5, 0.6) is 0 Å². The van der Waals surface area contributed by atoms with Gasteiger partial charge in [0, 0.05) is 5.69 Å². The predicted octanol–water partition coefficient (Wildman–Crippen LogP) is 2.92. The van der Waals surface area contributed by atoms with Gasteiger partial charge in [-0.2, -0.15) is 13.2 Å². The molecular formula is C15H20F3N2O6P. The summed E-state index contributed by atoms with van der Waals surface area (Å²) in [5.74, 6) is -0.982. The Morgan fingerprint density at radius 1 is 1.19 bits per heavy atom. The quantitative estimate of drug-likeness (QED) is 0.511. The van der Waals surface area contributed by atoms with Gasteiger partial charge >= 0.3 is 19.9 Å². The molecule has 1 atom stereocenters. The van der Waals surface area contributed by atoms with Crippen LogP contribution in [0.1, 0.15) is 25.8 Å². The number of halogens is 3. The fourth-order valence-corrected chi connectivity index (χ4v) is 2.31. The van der Waals surface area contributed by atoms with Crippen molar-refractivity contribution in [1.82, 2.24) is 5.32 Å². The highest BCUT2D eigenvalue weighted by molar-refractivity contribution is 7.51. The van der Waals surface area contributed by atoms with Crippen LogP contribution in [-0.2, 0) is 20.3 Å². The maximum Gasteiger partial charge on any atom is 0.416 e. The van der Waals surface area contributed by atoms with E-state index >= 15 is 0 Å². The minimum atomic E-state index is -4.52. The lowest BCUT2D eigenvalue weighted by atomic mass is 10.1. The first-order chi connectivity index (χ1) is 12.3. The minimum Gasteiger partial charge on any atom is -0.436 e. The molecule has 0 spiro atoms. The Bertz CT molecular complexity index is 702. The lowest BCUT2D eigenvalue weighted by Crippen LogP contribution is -2.39. The zero-order chi connectivity index (χ0) is 20.8. The van der Waals surface area contributed by atoms with Gasteiger partial charge in [-0.25, -0.2) is 4.79 Å². The number of hydrogen-bond acceptors (Lipinski definition) is 4. The first kappa shape index (κ1) is 22.9. The van der Waals surface area contributed by atoms with E-state index in [0.717, 1.165) is 24.3 Å². The van der Waals surface area contributed by atoms with Gasteiger partial charge in [-0.1, -0.05) is 13.8 Å². The minimum absolute atomic E-state index is 0.0203. The van der Waals surface area contributed by atoms with Crippen LogP contribution in [0.4, 0.5) is 23.7 Å². The molecule has 12 heteroatoms. The van der Waals surface area contributed by atoms with Crippen molar-refractivity contribution in [1.29, 1.82) is 0 Å². The third-order valence-corrected chi connectivity index (χ3v) is 3.72. The van der Waals surface area contributed by atoms with Crippen molar-refractivity contribution in [3.63, 3.8) is 0 Å². The summed E-state index contributed by atoms with van der Waals surface area (Å²) < 4.78 is 53.3. The van der Waals surface area contributed by atoms with Crippen molar-refractivity contribution in [3.8, 4) is 0 Å². The Hall–Kier alpha value is -2.10. The number of benzene rings is 1. The molecule has 27 heavy (non-hydrogen) atoms. The number of anilines is 1. The van der Waals surface area contributed by atoms with Crippen LogP contribution in [0.15, 0.2) is 24.3 Å². The molecule has 0 aliphatic rings. The lowest BCUT2D eigenvalue weighted by molar-refractivity contribution is -0.137. The molecule has 0 aliphatic carbocycles. The second-order valence-corrected chi connectivity index (χ2v) is 7.73. The first-order valence-electron chi connectivity index (χ1n) is 7.75. The zero-order valence-corrected chi connectivity index (χ0v) is 15.4. The van der Waals surface area contributed by atoms with Crippen LogP contribution >= 0.6 is 7.60 Å². The maximum absolute atomic E-state index is 12.5. The van der Waals surface area contributed by atoms with E-state index in [9.17, 15) is 27.3 Å². The summed E-state index contributed by atoms with van der Waals surface area (Å²) >= 11 is 0. The monoisotopic (exact) mass is 412 g/mol. The highest BCUT2D eigenvalue weighted by atomic mass is 31.2. The molecule has 1 unspecified atom stereocenters. The molecular weight excluding hydrogens is 392 g/mol. The van der Waals surface area contributed by atoms with Gasteiger partial charge in [0.05, 0.1) is 5.56 Å².